The van der Waals surface area contributed by atoms with Gasteiger partial charge in [-0.05, 0) is 26.2 Å². The van der Waals surface area contributed by atoms with Gasteiger partial charge in [-0.15, -0.1) is 11.3 Å². The maximum Gasteiger partial charge on any atom is 0.305 e. The van der Waals surface area contributed by atoms with Crippen molar-refractivity contribution in [1.29, 1.82) is 0 Å². The standard InChI is InChI=1S/C19H24F2N4O3S/c1-12-11-29-18(22-12)17-24-14(23-13-5-7-19(20,21)8-6-13)10-15(25-17)28-9-3-4-16(26)27-2/h10-11,13H,3-9H2,1-2H3,(H,23,24,25). The molecule has 0 aliphatic heterocycles. The number of nitrogens with one attached hydrogen (secondary N) is 1. The van der Waals surface area contributed by atoms with E-state index in [4.69, 9.17) is 4.74 Å². The normalized spacial score (nSPS) is 16.4. The number of methoxy groups -OCH3 is 1. The summed E-state index contributed by atoms with van der Waals surface area (Å²) in [4.78, 5) is 24.5. The smallest absolute Gasteiger partial charge is 0.305 e. The van der Waals surface area contributed by atoms with Crippen molar-refractivity contribution in [2.45, 2.75) is 57.4 Å². The molecule has 29 heavy (non-hydrogen) atoms. The Morgan fingerprint density at radius 2 is 2.07 bits per heavy atom. The summed E-state index contributed by atoms with van der Waals surface area (Å²) in [5, 5.41) is 5.79. The summed E-state index contributed by atoms with van der Waals surface area (Å²) >= 11 is 1.42. The monoisotopic (exact) mass is 426 g/mol. The number of carbonyl (C=O) groups is 1. The van der Waals surface area contributed by atoms with Gasteiger partial charge in [-0.2, -0.15) is 4.98 Å². The van der Waals surface area contributed by atoms with Gasteiger partial charge >= 0.3 is 5.97 Å². The molecule has 1 aliphatic carbocycles. The van der Waals surface area contributed by atoms with E-state index < -0.39 is 5.92 Å². The predicted octanol–water partition coefficient (Wildman–Crippen LogP) is 4.23. The molecule has 1 fully saturated rings. The molecule has 10 heteroatoms. The zero-order valence-electron chi connectivity index (χ0n) is 16.4. The highest BCUT2D eigenvalue weighted by Crippen LogP contribution is 2.34. The number of ether oxygens (including phenoxy) is 2. The highest BCUT2D eigenvalue weighted by Gasteiger charge is 2.35. The Morgan fingerprint density at radius 3 is 2.72 bits per heavy atom. The highest BCUT2D eigenvalue weighted by atomic mass is 32.1. The number of alkyl halides is 2. The first-order valence-corrected chi connectivity index (χ1v) is 10.4. The van der Waals surface area contributed by atoms with Crippen LogP contribution < -0.4 is 10.1 Å². The van der Waals surface area contributed by atoms with Gasteiger partial charge in [-0.1, -0.05) is 0 Å². The van der Waals surface area contributed by atoms with E-state index >= 15 is 0 Å². The van der Waals surface area contributed by atoms with Gasteiger partial charge in [0, 0.05) is 42.4 Å². The topological polar surface area (TPSA) is 86.2 Å². The molecular weight excluding hydrogens is 402 g/mol. The van der Waals surface area contributed by atoms with Crippen LogP contribution in [0.4, 0.5) is 14.6 Å². The Labute approximate surface area is 171 Å². The summed E-state index contributed by atoms with van der Waals surface area (Å²) in [7, 11) is 1.34. The van der Waals surface area contributed by atoms with E-state index in [0.717, 1.165) is 5.69 Å². The molecule has 7 nitrogen and oxygen atoms in total. The zero-order chi connectivity index (χ0) is 20.9. The summed E-state index contributed by atoms with van der Waals surface area (Å²) < 4.78 is 37.1. The van der Waals surface area contributed by atoms with Crippen LogP contribution in [-0.4, -0.2) is 46.6 Å². The molecule has 0 radical (unpaired) electrons. The Hall–Kier alpha value is -2.36. The molecule has 158 valence electrons. The van der Waals surface area contributed by atoms with Crippen LogP contribution in [0.3, 0.4) is 0 Å². The van der Waals surface area contributed by atoms with Crippen LogP contribution in [0.2, 0.25) is 0 Å². The minimum atomic E-state index is -2.58. The number of anilines is 1. The van der Waals surface area contributed by atoms with E-state index in [0.29, 0.717) is 41.8 Å². The van der Waals surface area contributed by atoms with Gasteiger partial charge in [0.15, 0.2) is 10.8 Å². The number of hydrogen-bond donors (Lipinski definition) is 1. The van der Waals surface area contributed by atoms with Crippen LogP contribution in [0, 0.1) is 6.92 Å². The van der Waals surface area contributed by atoms with Crippen molar-refractivity contribution in [3.8, 4) is 16.7 Å². The van der Waals surface area contributed by atoms with Crippen molar-refractivity contribution in [2.24, 2.45) is 0 Å². The van der Waals surface area contributed by atoms with Crippen molar-refractivity contribution >= 4 is 23.1 Å². The van der Waals surface area contributed by atoms with E-state index in [1.165, 1.54) is 18.4 Å². The second-order valence-corrected chi connectivity index (χ2v) is 7.87. The summed E-state index contributed by atoms with van der Waals surface area (Å²) in [6, 6.07) is 1.57. The predicted molar refractivity (Wildman–Crippen MR) is 105 cm³/mol. The molecule has 1 saturated carbocycles. The fourth-order valence-corrected chi connectivity index (χ4v) is 3.74. The van der Waals surface area contributed by atoms with Gasteiger partial charge in [0.2, 0.25) is 11.8 Å². The minimum absolute atomic E-state index is 0.0809. The van der Waals surface area contributed by atoms with Crippen LogP contribution in [0.25, 0.3) is 10.8 Å². The minimum Gasteiger partial charge on any atom is -0.478 e. The van der Waals surface area contributed by atoms with Crippen LogP contribution in [0.5, 0.6) is 5.88 Å². The maximum atomic E-state index is 13.4. The lowest BCUT2D eigenvalue weighted by molar-refractivity contribution is -0.140. The number of aromatic nitrogens is 3. The maximum absolute atomic E-state index is 13.4. The summed E-state index contributed by atoms with van der Waals surface area (Å²) in [5.41, 5.74) is 0.863. The lowest BCUT2D eigenvalue weighted by atomic mass is 9.92. The Bertz CT molecular complexity index is 837. The molecule has 0 amide bonds. The first-order chi connectivity index (χ1) is 13.8. The Balaban J connectivity index is 1.71. The number of nitrogens with zero attached hydrogens (tertiary/aromatic N) is 3. The Kier molecular flexibility index (Phi) is 6.94. The summed E-state index contributed by atoms with van der Waals surface area (Å²) in [6.07, 6.45) is 1.22. The zero-order valence-corrected chi connectivity index (χ0v) is 17.2. The van der Waals surface area contributed by atoms with Crippen LogP contribution in [0.15, 0.2) is 11.4 Å². The van der Waals surface area contributed by atoms with Crippen LogP contribution >= 0.6 is 11.3 Å². The number of thiazole rings is 1. The van der Waals surface area contributed by atoms with Crippen molar-refractivity contribution < 1.29 is 23.0 Å². The molecule has 0 bridgehead atoms. The second kappa shape index (κ2) is 9.43. The lowest BCUT2D eigenvalue weighted by Gasteiger charge is -2.29. The SMILES string of the molecule is COC(=O)CCCOc1cc(NC2CCC(F)(F)CC2)nc(-c2nc(C)cs2)n1. The molecule has 2 aromatic heterocycles. The molecule has 1 N–H and O–H groups in total. The lowest BCUT2D eigenvalue weighted by Crippen LogP contribution is -2.32. The molecule has 0 saturated heterocycles. The van der Waals surface area contributed by atoms with Crippen LogP contribution in [0.1, 0.15) is 44.2 Å². The molecule has 2 aromatic rings. The average Bonchev–Trinajstić information content (AvgIpc) is 3.13. The van der Waals surface area contributed by atoms with E-state index in [1.807, 2.05) is 12.3 Å². The first kappa shape index (κ1) is 21.4. The second-order valence-electron chi connectivity index (χ2n) is 7.01. The van der Waals surface area contributed by atoms with Crippen molar-refractivity contribution in [3.63, 3.8) is 0 Å². The molecule has 0 atom stereocenters. The Morgan fingerprint density at radius 1 is 1.31 bits per heavy atom. The van der Waals surface area contributed by atoms with Gasteiger partial charge < -0.3 is 14.8 Å². The fourth-order valence-electron chi connectivity index (χ4n) is 3.01. The van der Waals surface area contributed by atoms with Gasteiger partial charge in [0.1, 0.15) is 5.82 Å². The molecule has 0 aromatic carbocycles. The number of aryl methyl sites for hydroxylation is 1. The average molecular weight is 426 g/mol. The van der Waals surface area contributed by atoms with Crippen LogP contribution in [-0.2, 0) is 9.53 Å². The van der Waals surface area contributed by atoms with Gasteiger partial charge in [-0.25, -0.2) is 18.7 Å². The summed E-state index contributed by atoms with van der Waals surface area (Å²) in [5.74, 6) is -1.61. The quantitative estimate of drug-likeness (QED) is 0.499. The van der Waals surface area contributed by atoms with E-state index in [1.54, 1.807) is 6.07 Å². The number of hydrogen-bond acceptors (Lipinski definition) is 8. The molecule has 1 aliphatic rings. The van der Waals surface area contributed by atoms with Gasteiger partial charge in [-0.3, -0.25) is 4.79 Å². The van der Waals surface area contributed by atoms with E-state index in [9.17, 15) is 13.6 Å². The number of rotatable bonds is 8. The van der Waals surface area contributed by atoms with E-state index in [-0.39, 0.29) is 37.9 Å². The third-order valence-corrected chi connectivity index (χ3v) is 5.54. The summed E-state index contributed by atoms with van der Waals surface area (Å²) in [6.45, 7) is 2.17. The van der Waals surface area contributed by atoms with E-state index in [2.05, 4.69) is 25.0 Å². The third-order valence-electron chi connectivity index (χ3n) is 4.58. The van der Waals surface area contributed by atoms with Gasteiger partial charge in [0.05, 0.1) is 13.7 Å². The largest absolute Gasteiger partial charge is 0.478 e. The number of halogens is 2. The molecule has 3 rings (SSSR count). The molecule has 0 spiro atoms. The van der Waals surface area contributed by atoms with Crippen molar-refractivity contribution in [2.75, 3.05) is 19.0 Å². The molecule has 2 heterocycles. The number of esters is 1. The molecular formula is C19H24F2N4O3S. The van der Waals surface area contributed by atoms with Gasteiger partial charge in [0.25, 0.3) is 0 Å². The van der Waals surface area contributed by atoms with Crippen molar-refractivity contribution in [3.05, 3.63) is 17.1 Å². The number of carbonyl (C=O) groups excluding carboxylic acids is 1. The highest BCUT2D eigenvalue weighted by molar-refractivity contribution is 7.13. The van der Waals surface area contributed by atoms with Crippen molar-refractivity contribution in [1.82, 2.24) is 15.0 Å². The molecule has 0 unspecified atom stereocenters. The third kappa shape index (κ3) is 6.31. The fraction of sp³-hybridized carbons (Fsp3) is 0.579. The first-order valence-electron chi connectivity index (χ1n) is 9.50.